The Hall–Kier alpha value is -1.86. The molecule has 0 aliphatic rings. The zero-order valence-corrected chi connectivity index (χ0v) is 10.8. The number of nitriles is 1. The highest BCUT2D eigenvalue weighted by Crippen LogP contribution is 2.14. The van der Waals surface area contributed by atoms with Crippen LogP contribution in [0.5, 0.6) is 0 Å². The average Bonchev–Trinajstić information content (AvgIpc) is 2.72. The van der Waals surface area contributed by atoms with E-state index in [9.17, 15) is 0 Å². The summed E-state index contributed by atoms with van der Waals surface area (Å²) in [7, 11) is 2.03. The number of aromatic nitrogens is 2. The molecule has 2 aromatic rings. The van der Waals surface area contributed by atoms with Gasteiger partial charge in [-0.15, -0.1) is 0 Å². The number of fused-ring (bicyclic) bond motifs is 1. The Balaban J connectivity index is 2.12. The largest absolute Gasteiger partial charge is 0.330 e. The number of nitrogens with one attached hydrogen (secondary N) is 1. The van der Waals surface area contributed by atoms with Crippen LogP contribution in [0.25, 0.3) is 11.0 Å². The summed E-state index contributed by atoms with van der Waals surface area (Å²) in [5.74, 6) is 1.01. The van der Waals surface area contributed by atoms with Crippen LogP contribution in [0.4, 0.5) is 0 Å². The summed E-state index contributed by atoms with van der Waals surface area (Å²) >= 11 is 0. The normalized spacial score (nSPS) is 12.5. The monoisotopic (exact) mass is 242 g/mol. The molecular formula is C14H18N4. The summed E-state index contributed by atoms with van der Waals surface area (Å²) in [5.41, 5.74) is 2.16. The summed E-state index contributed by atoms with van der Waals surface area (Å²) in [6, 6.07) is 10.6. The van der Waals surface area contributed by atoms with Gasteiger partial charge in [0.05, 0.1) is 30.1 Å². The predicted octanol–water partition coefficient (Wildman–Crippen LogP) is 2.36. The quantitative estimate of drug-likeness (QED) is 0.875. The molecule has 0 aliphatic carbocycles. The molecule has 1 aromatic heterocycles. The molecule has 0 amide bonds. The van der Waals surface area contributed by atoms with E-state index in [-0.39, 0.29) is 6.04 Å². The van der Waals surface area contributed by atoms with Gasteiger partial charge in [0.2, 0.25) is 0 Å². The summed E-state index contributed by atoms with van der Waals surface area (Å²) < 4.78 is 2.10. The van der Waals surface area contributed by atoms with Crippen LogP contribution < -0.4 is 5.32 Å². The molecule has 1 aromatic carbocycles. The molecule has 1 unspecified atom stereocenters. The molecule has 94 valence electrons. The topological polar surface area (TPSA) is 53.6 Å². The molecule has 4 heteroatoms. The number of hydrogen-bond acceptors (Lipinski definition) is 3. The number of para-hydroxylation sites is 2. The van der Waals surface area contributed by atoms with Crippen molar-refractivity contribution in [3.8, 4) is 6.07 Å². The van der Waals surface area contributed by atoms with Crippen molar-refractivity contribution in [3.05, 3.63) is 30.1 Å². The summed E-state index contributed by atoms with van der Waals surface area (Å²) in [5, 5.41) is 12.1. The third-order valence-corrected chi connectivity index (χ3v) is 3.26. The lowest BCUT2D eigenvalue weighted by molar-refractivity contribution is 0.491. The smallest absolute Gasteiger partial charge is 0.123 e. The van der Waals surface area contributed by atoms with Crippen molar-refractivity contribution < 1.29 is 0 Å². The van der Waals surface area contributed by atoms with Crippen LogP contribution in [0.2, 0.25) is 0 Å². The third kappa shape index (κ3) is 2.52. The fourth-order valence-electron chi connectivity index (χ4n) is 2.06. The Morgan fingerprint density at radius 1 is 1.44 bits per heavy atom. The van der Waals surface area contributed by atoms with Gasteiger partial charge in [-0.1, -0.05) is 19.1 Å². The molecule has 0 saturated heterocycles. The molecule has 2 rings (SSSR count). The first-order valence-electron chi connectivity index (χ1n) is 6.27. The van der Waals surface area contributed by atoms with E-state index in [1.807, 2.05) is 25.2 Å². The maximum absolute atomic E-state index is 8.72. The number of rotatable bonds is 5. The van der Waals surface area contributed by atoms with E-state index in [1.165, 1.54) is 0 Å². The maximum atomic E-state index is 8.72. The summed E-state index contributed by atoms with van der Waals surface area (Å²) in [6.07, 6.45) is 1.50. The van der Waals surface area contributed by atoms with Crippen LogP contribution in [0.1, 0.15) is 25.6 Å². The van der Waals surface area contributed by atoms with E-state index >= 15 is 0 Å². The molecule has 1 N–H and O–H groups in total. The number of hydrogen-bond donors (Lipinski definition) is 1. The SMILES string of the molecule is CCC(CC#N)NCc1nc2ccccc2n1C. The standard InChI is InChI=1S/C14H18N4/c1-3-11(8-9-15)16-10-14-17-12-6-4-5-7-13(12)18(14)2/h4-7,11,16H,3,8,10H2,1-2H3. The Morgan fingerprint density at radius 3 is 2.89 bits per heavy atom. The van der Waals surface area contributed by atoms with Crippen LogP contribution in [-0.2, 0) is 13.6 Å². The number of imidazole rings is 1. The second-order valence-corrected chi connectivity index (χ2v) is 4.42. The number of aryl methyl sites for hydroxylation is 1. The molecule has 0 fully saturated rings. The van der Waals surface area contributed by atoms with Gasteiger partial charge in [0, 0.05) is 13.1 Å². The average molecular weight is 242 g/mol. The minimum absolute atomic E-state index is 0.245. The third-order valence-electron chi connectivity index (χ3n) is 3.26. The van der Waals surface area contributed by atoms with Crippen molar-refractivity contribution in [2.75, 3.05) is 0 Å². The van der Waals surface area contributed by atoms with Crippen LogP contribution in [0, 0.1) is 11.3 Å². The summed E-state index contributed by atoms with van der Waals surface area (Å²) in [4.78, 5) is 4.60. The summed E-state index contributed by atoms with van der Waals surface area (Å²) in [6.45, 7) is 2.79. The van der Waals surface area contributed by atoms with E-state index in [4.69, 9.17) is 5.26 Å². The van der Waals surface area contributed by atoms with Gasteiger partial charge in [-0.05, 0) is 18.6 Å². The zero-order chi connectivity index (χ0) is 13.0. The van der Waals surface area contributed by atoms with Gasteiger partial charge >= 0.3 is 0 Å². The molecule has 1 atom stereocenters. The molecule has 0 aliphatic heterocycles. The van der Waals surface area contributed by atoms with Crippen molar-refractivity contribution in [2.45, 2.75) is 32.4 Å². The maximum Gasteiger partial charge on any atom is 0.123 e. The van der Waals surface area contributed by atoms with Gasteiger partial charge in [0.25, 0.3) is 0 Å². The van der Waals surface area contributed by atoms with Crippen LogP contribution >= 0.6 is 0 Å². The van der Waals surface area contributed by atoms with Crippen LogP contribution in [0.3, 0.4) is 0 Å². The van der Waals surface area contributed by atoms with Crippen molar-refractivity contribution in [3.63, 3.8) is 0 Å². The molecule has 0 bridgehead atoms. The van der Waals surface area contributed by atoms with Gasteiger partial charge in [-0.25, -0.2) is 4.98 Å². The molecule has 0 radical (unpaired) electrons. The molecule has 0 saturated carbocycles. The molecular weight excluding hydrogens is 224 g/mol. The lowest BCUT2D eigenvalue weighted by Gasteiger charge is -2.13. The van der Waals surface area contributed by atoms with Crippen molar-refractivity contribution in [1.82, 2.24) is 14.9 Å². The Kier molecular flexibility index (Phi) is 3.96. The number of benzene rings is 1. The van der Waals surface area contributed by atoms with E-state index in [1.54, 1.807) is 0 Å². The van der Waals surface area contributed by atoms with Gasteiger partial charge in [0.15, 0.2) is 0 Å². The predicted molar refractivity (Wildman–Crippen MR) is 71.9 cm³/mol. The minimum Gasteiger partial charge on any atom is -0.330 e. The van der Waals surface area contributed by atoms with E-state index in [0.29, 0.717) is 13.0 Å². The fraction of sp³-hybridized carbons (Fsp3) is 0.429. The minimum atomic E-state index is 0.245. The second-order valence-electron chi connectivity index (χ2n) is 4.42. The van der Waals surface area contributed by atoms with Gasteiger partial charge in [0.1, 0.15) is 5.82 Å². The molecule has 1 heterocycles. The lowest BCUT2D eigenvalue weighted by atomic mass is 10.2. The highest BCUT2D eigenvalue weighted by Gasteiger charge is 2.09. The molecule has 18 heavy (non-hydrogen) atoms. The van der Waals surface area contributed by atoms with E-state index in [2.05, 4.69) is 33.9 Å². The van der Waals surface area contributed by atoms with Crippen LogP contribution in [-0.4, -0.2) is 15.6 Å². The van der Waals surface area contributed by atoms with Gasteiger partial charge in [-0.3, -0.25) is 0 Å². The van der Waals surface area contributed by atoms with E-state index < -0.39 is 0 Å². The zero-order valence-electron chi connectivity index (χ0n) is 10.8. The first-order chi connectivity index (χ1) is 8.76. The van der Waals surface area contributed by atoms with Gasteiger partial charge < -0.3 is 9.88 Å². The van der Waals surface area contributed by atoms with Crippen molar-refractivity contribution >= 4 is 11.0 Å². The Bertz CT molecular complexity index is 565. The van der Waals surface area contributed by atoms with Crippen LogP contribution in [0.15, 0.2) is 24.3 Å². The van der Waals surface area contributed by atoms with Crippen molar-refractivity contribution in [2.24, 2.45) is 7.05 Å². The fourth-order valence-corrected chi connectivity index (χ4v) is 2.06. The van der Waals surface area contributed by atoms with Gasteiger partial charge in [-0.2, -0.15) is 5.26 Å². The Morgan fingerprint density at radius 2 is 2.22 bits per heavy atom. The first kappa shape index (κ1) is 12.6. The second kappa shape index (κ2) is 5.65. The molecule has 4 nitrogen and oxygen atoms in total. The first-order valence-corrected chi connectivity index (χ1v) is 6.27. The van der Waals surface area contributed by atoms with Crippen molar-refractivity contribution in [1.29, 1.82) is 5.26 Å². The highest BCUT2D eigenvalue weighted by atomic mass is 15.1. The Labute approximate surface area is 107 Å². The highest BCUT2D eigenvalue weighted by molar-refractivity contribution is 5.75. The van der Waals surface area contributed by atoms with E-state index in [0.717, 1.165) is 23.3 Å². The number of nitrogens with zero attached hydrogens (tertiary/aromatic N) is 3. The molecule has 0 spiro atoms. The lowest BCUT2D eigenvalue weighted by Crippen LogP contribution is -2.28.